The lowest BCUT2D eigenvalue weighted by molar-refractivity contribution is 0.0321. The Morgan fingerprint density at radius 3 is 2.35 bits per heavy atom. The number of ketones is 2. The summed E-state index contributed by atoms with van der Waals surface area (Å²) < 4.78 is 5.27. The SMILES string of the molecule is CC(=O)c1c(C)[nH]c(C(=O)C(C)OC(=O)c2sccc2C)c1C. The van der Waals surface area contributed by atoms with Crippen LogP contribution in [0.25, 0.3) is 0 Å². The van der Waals surface area contributed by atoms with E-state index in [0.717, 1.165) is 5.56 Å². The molecule has 2 heterocycles. The van der Waals surface area contributed by atoms with Gasteiger partial charge in [0.05, 0.1) is 5.69 Å². The molecule has 0 spiro atoms. The number of carbonyl (C=O) groups is 3. The molecular weight excluding hydrogens is 314 g/mol. The van der Waals surface area contributed by atoms with Gasteiger partial charge in [-0.05, 0) is 57.2 Å². The Bertz CT molecular complexity index is 785. The molecule has 0 saturated heterocycles. The van der Waals surface area contributed by atoms with Crippen LogP contribution in [-0.2, 0) is 4.74 Å². The molecule has 0 fully saturated rings. The monoisotopic (exact) mass is 333 g/mol. The molecule has 0 aliphatic carbocycles. The summed E-state index contributed by atoms with van der Waals surface area (Å²) in [7, 11) is 0. The smallest absolute Gasteiger partial charge is 0.349 e. The van der Waals surface area contributed by atoms with Gasteiger partial charge >= 0.3 is 5.97 Å². The third-order valence-electron chi connectivity index (χ3n) is 3.74. The Morgan fingerprint density at radius 1 is 1.22 bits per heavy atom. The maximum Gasteiger partial charge on any atom is 0.349 e. The quantitative estimate of drug-likeness (QED) is 0.669. The Hall–Kier alpha value is -2.21. The molecule has 0 aliphatic rings. The molecule has 1 unspecified atom stereocenters. The van der Waals surface area contributed by atoms with Crippen LogP contribution in [0.5, 0.6) is 0 Å². The number of Topliss-reactive ketones (excluding diaryl/α,β-unsaturated/α-hetero) is 2. The van der Waals surface area contributed by atoms with Crippen molar-refractivity contribution in [1.82, 2.24) is 4.98 Å². The Kier molecular flexibility index (Phi) is 4.85. The first-order valence-corrected chi connectivity index (χ1v) is 8.11. The summed E-state index contributed by atoms with van der Waals surface area (Å²) in [5, 5.41) is 1.80. The number of ether oxygens (including phenoxy) is 1. The van der Waals surface area contributed by atoms with Gasteiger partial charge in [-0.2, -0.15) is 0 Å². The highest BCUT2D eigenvalue weighted by Gasteiger charge is 2.26. The largest absolute Gasteiger partial charge is 0.450 e. The van der Waals surface area contributed by atoms with Crippen molar-refractivity contribution in [2.45, 2.75) is 40.7 Å². The summed E-state index contributed by atoms with van der Waals surface area (Å²) in [5.41, 5.74) is 2.89. The summed E-state index contributed by atoms with van der Waals surface area (Å²) in [6, 6.07) is 1.82. The van der Waals surface area contributed by atoms with Crippen molar-refractivity contribution in [3.8, 4) is 0 Å². The predicted octanol–water partition coefficient (Wildman–Crippen LogP) is 3.63. The number of esters is 1. The highest BCUT2D eigenvalue weighted by Crippen LogP contribution is 2.22. The lowest BCUT2D eigenvalue weighted by Crippen LogP contribution is -2.25. The number of aromatic amines is 1. The van der Waals surface area contributed by atoms with Crippen LogP contribution in [0.4, 0.5) is 0 Å². The normalized spacial score (nSPS) is 12.0. The molecule has 0 bridgehead atoms. The minimum Gasteiger partial charge on any atom is -0.450 e. The van der Waals surface area contributed by atoms with Gasteiger partial charge in [-0.3, -0.25) is 9.59 Å². The van der Waals surface area contributed by atoms with Gasteiger partial charge in [0.1, 0.15) is 4.88 Å². The van der Waals surface area contributed by atoms with Gasteiger partial charge in [-0.1, -0.05) is 0 Å². The van der Waals surface area contributed by atoms with Crippen LogP contribution in [0.3, 0.4) is 0 Å². The fourth-order valence-corrected chi connectivity index (χ4v) is 3.38. The van der Waals surface area contributed by atoms with Crippen molar-refractivity contribution in [2.75, 3.05) is 0 Å². The molecule has 23 heavy (non-hydrogen) atoms. The van der Waals surface area contributed by atoms with Gasteiger partial charge in [0.15, 0.2) is 11.9 Å². The molecule has 5 nitrogen and oxygen atoms in total. The Labute approximate surface area is 138 Å². The van der Waals surface area contributed by atoms with Gasteiger partial charge in [0.2, 0.25) is 5.78 Å². The second-order valence-electron chi connectivity index (χ2n) is 5.53. The number of rotatable bonds is 5. The van der Waals surface area contributed by atoms with Crippen LogP contribution >= 0.6 is 11.3 Å². The average Bonchev–Trinajstić information content (AvgIpc) is 3.01. The topological polar surface area (TPSA) is 76.2 Å². The fraction of sp³-hybridized carbons (Fsp3) is 0.353. The molecule has 6 heteroatoms. The molecule has 122 valence electrons. The first-order chi connectivity index (χ1) is 10.7. The molecule has 0 aliphatic heterocycles. The van der Waals surface area contributed by atoms with Crippen LogP contribution < -0.4 is 0 Å². The lowest BCUT2D eigenvalue weighted by Gasteiger charge is -2.12. The van der Waals surface area contributed by atoms with E-state index < -0.39 is 12.1 Å². The highest BCUT2D eigenvalue weighted by molar-refractivity contribution is 7.12. The van der Waals surface area contributed by atoms with Crippen molar-refractivity contribution in [3.05, 3.63) is 44.4 Å². The molecule has 0 aromatic carbocycles. The third kappa shape index (κ3) is 3.27. The number of thiophene rings is 1. The molecule has 2 aromatic rings. The van der Waals surface area contributed by atoms with E-state index in [4.69, 9.17) is 4.74 Å². The number of carbonyl (C=O) groups excluding carboxylic acids is 3. The van der Waals surface area contributed by atoms with E-state index >= 15 is 0 Å². The van der Waals surface area contributed by atoms with Crippen LogP contribution in [0.1, 0.15) is 61.2 Å². The molecule has 0 radical (unpaired) electrons. The van der Waals surface area contributed by atoms with E-state index in [2.05, 4.69) is 4.98 Å². The third-order valence-corrected chi connectivity index (χ3v) is 4.73. The maximum absolute atomic E-state index is 12.5. The van der Waals surface area contributed by atoms with Gasteiger partial charge in [-0.15, -0.1) is 11.3 Å². The fourth-order valence-electron chi connectivity index (χ4n) is 2.58. The van der Waals surface area contributed by atoms with E-state index in [1.807, 2.05) is 13.0 Å². The second kappa shape index (κ2) is 6.50. The zero-order valence-corrected chi connectivity index (χ0v) is 14.6. The van der Waals surface area contributed by atoms with Crippen LogP contribution in [-0.4, -0.2) is 28.6 Å². The van der Waals surface area contributed by atoms with E-state index in [-0.39, 0.29) is 11.6 Å². The molecular formula is C17H19NO4S. The summed E-state index contributed by atoms with van der Waals surface area (Å²) in [4.78, 5) is 39.7. The van der Waals surface area contributed by atoms with Crippen molar-refractivity contribution >= 4 is 28.9 Å². The lowest BCUT2D eigenvalue weighted by atomic mass is 10.0. The van der Waals surface area contributed by atoms with Crippen LogP contribution in [0.2, 0.25) is 0 Å². The predicted molar refractivity (Wildman–Crippen MR) is 88.5 cm³/mol. The number of nitrogens with one attached hydrogen (secondary N) is 1. The zero-order chi connectivity index (χ0) is 17.3. The van der Waals surface area contributed by atoms with Crippen LogP contribution in [0.15, 0.2) is 11.4 Å². The van der Waals surface area contributed by atoms with Gasteiger partial charge < -0.3 is 9.72 Å². The summed E-state index contributed by atoms with van der Waals surface area (Å²) in [6.07, 6.45) is -0.930. The molecule has 2 rings (SSSR count). The summed E-state index contributed by atoms with van der Waals surface area (Å²) in [5.74, 6) is -0.958. The van der Waals surface area contributed by atoms with Crippen molar-refractivity contribution < 1.29 is 19.1 Å². The van der Waals surface area contributed by atoms with Gasteiger partial charge in [-0.25, -0.2) is 4.79 Å². The number of aromatic nitrogens is 1. The number of hydrogen-bond donors (Lipinski definition) is 1. The van der Waals surface area contributed by atoms with E-state index in [9.17, 15) is 14.4 Å². The zero-order valence-electron chi connectivity index (χ0n) is 13.8. The molecule has 0 amide bonds. The first kappa shape index (κ1) is 17.1. The number of hydrogen-bond acceptors (Lipinski definition) is 5. The van der Waals surface area contributed by atoms with Crippen molar-refractivity contribution in [2.24, 2.45) is 0 Å². The highest BCUT2D eigenvalue weighted by atomic mass is 32.1. The molecule has 0 saturated carbocycles. The maximum atomic E-state index is 12.5. The standard InChI is InChI=1S/C17H19NO4S/c1-8-6-7-23-16(8)17(21)22-12(5)15(20)14-9(2)13(11(4)19)10(3)18-14/h6-7,12,18H,1-5H3. The second-order valence-corrected chi connectivity index (χ2v) is 6.44. The van der Waals surface area contributed by atoms with Gasteiger partial charge in [0.25, 0.3) is 0 Å². The first-order valence-electron chi connectivity index (χ1n) is 7.23. The Morgan fingerprint density at radius 2 is 1.87 bits per heavy atom. The minimum atomic E-state index is -0.930. The van der Waals surface area contributed by atoms with E-state index in [0.29, 0.717) is 27.4 Å². The number of aryl methyl sites for hydroxylation is 2. The van der Waals surface area contributed by atoms with Crippen molar-refractivity contribution in [3.63, 3.8) is 0 Å². The average molecular weight is 333 g/mol. The van der Waals surface area contributed by atoms with Crippen LogP contribution in [0, 0.1) is 20.8 Å². The number of H-pyrrole nitrogens is 1. The summed E-state index contributed by atoms with van der Waals surface area (Å²) in [6.45, 7) is 8.27. The summed E-state index contributed by atoms with van der Waals surface area (Å²) >= 11 is 1.28. The molecule has 2 aromatic heterocycles. The molecule has 1 N–H and O–H groups in total. The Balaban J connectivity index is 2.21. The molecule has 1 atom stereocenters. The van der Waals surface area contributed by atoms with Crippen molar-refractivity contribution in [1.29, 1.82) is 0 Å². The van der Waals surface area contributed by atoms with E-state index in [1.54, 1.807) is 19.2 Å². The van der Waals surface area contributed by atoms with E-state index in [1.165, 1.54) is 25.2 Å². The minimum absolute atomic E-state index is 0.103. The van der Waals surface area contributed by atoms with Gasteiger partial charge in [0, 0.05) is 11.3 Å².